The fourth-order valence-corrected chi connectivity index (χ4v) is 6.21. The molecule has 0 unspecified atom stereocenters. The average molecular weight is 617 g/mol. The van der Waals surface area contributed by atoms with E-state index in [1.54, 1.807) is 0 Å². The molecule has 0 N–H and O–H groups in total. The van der Waals surface area contributed by atoms with E-state index in [-0.39, 0.29) is 0 Å². The van der Waals surface area contributed by atoms with Gasteiger partial charge in [-0.3, -0.25) is 0 Å². The van der Waals surface area contributed by atoms with Crippen LogP contribution in [-0.4, -0.2) is 15.0 Å². The van der Waals surface area contributed by atoms with Crippen molar-refractivity contribution in [3.63, 3.8) is 0 Å². The van der Waals surface area contributed by atoms with E-state index in [1.807, 2.05) is 48.5 Å². The van der Waals surface area contributed by atoms with E-state index < -0.39 is 0 Å². The van der Waals surface area contributed by atoms with Crippen molar-refractivity contribution in [2.24, 2.45) is 0 Å². The number of fused-ring (bicyclic) bond motifs is 3. The lowest BCUT2D eigenvalue weighted by atomic mass is 10.1. The number of anilines is 3. The number of hydrogen-bond donors (Lipinski definition) is 0. The molecule has 0 aliphatic heterocycles. The van der Waals surface area contributed by atoms with E-state index in [4.69, 9.17) is 19.4 Å². The zero-order valence-electron chi connectivity index (χ0n) is 25.9. The smallest absolute Gasteiger partial charge is 0.227 e. The van der Waals surface area contributed by atoms with Crippen molar-refractivity contribution in [2.45, 2.75) is 0 Å². The lowest BCUT2D eigenvalue weighted by Gasteiger charge is -2.26. The lowest BCUT2D eigenvalue weighted by Crippen LogP contribution is -2.09. The molecule has 0 fully saturated rings. The average Bonchev–Trinajstić information content (AvgIpc) is 3.60. The minimum atomic E-state index is 0.605. The second-order valence-corrected chi connectivity index (χ2v) is 11.7. The molecular weight excluding hydrogens is 589 g/mol. The number of nitrogens with zero attached hydrogens (tertiary/aromatic N) is 4. The van der Waals surface area contributed by atoms with Gasteiger partial charge in [0.2, 0.25) is 5.89 Å². The van der Waals surface area contributed by atoms with Crippen molar-refractivity contribution >= 4 is 50.0 Å². The second-order valence-electron chi connectivity index (χ2n) is 11.7. The van der Waals surface area contributed by atoms with Crippen LogP contribution >= 0.6 is 0 Å². The van der Waals surface area contributed by atoms with E-state index in [1.165, 1.54) is 0 Å². The first-order valence-corrected chi connectivity index (χ1v) is 15.9. The van der Waals surface area contributed by atoms with Gasteiger partial charge in [0.1, 0.15) is 5.52 Å². The summed E-state index contributed by atoms with van der Waals surface area (Å²) in [5.74, 6) is 0.605. The Morgan fingerprint density at radius 2 is 0.792 bits per heavy atom. The molecular formula is C43H28N4O. The summed E-state index contributed by atoms with van der Waals surface area (Å²) in [6, 6.07) is 58.2. The maximum Gasteiger partial charge on any atom is 0.227 e. The molecule has 0 aliphatic carbocycles. The Bertz CT molecular complexity index is 2400. The highest BCUT2D eigenvalue weighted by Gasteiger charge is 2.15. The third-order valence-corrected chi connectivity index (χ3v) is 8.71. The Kier molecular flexibility index (Phi) is 6.72. The second kappa shape index (κ2) is 11.6. The standard InChI is InChI=1S/C43H28N4O/c1-3-9-37-29(7-1)19-27-39(44-37)31-13-21-34(22-14-31)47(36-25-17-33(18-26-36)43-46-41-11-5-6-12-42(41)48-43)35-23-15-32(16-24-35)40-28-20-30-8-2-4-10-38(30)45-40/h1-28H. The molecule has 0 saturated carbocycles. The number of oxazole rings is 1. The number of hydrogen-bond acceptors (Lipinski definition) is 5. The summed E-state index contributed by atoms with van der Waals surface area (Å²) < 4.78 is 6.05. The highest BCUT2D eigenvalue weighted by Crippen LogP contribution is 2.38. The molecule has 0 atom stereocenters. The fourth-order valence-electron chi connectivity index (χ4n) is 6.21. The SMILES string of the molecule is c1ccc2nc(-c3ccc(N(c4ccc(-c5ccc6ccccc6n5)cc4)c4ccc(-c5nc6ccccc6o5)cc4)cc3)ccc2c1. The Morgan fingerprint density at radius 1 is 0.354 bits per heavy atom. The van der Waals surface area contributed by atoms with Gasteiger partial charge in [0.15, 0.2) is 5.58 Å². The van der Waals surface area contributed by atoms with Crippen molar-refractivity contribution in [2.75, 3.05) is 4.90 Å². The van der Waals surface area contributed by atoms with E-state index in [0.29, 0.717) is 5.89 Å². The largest absolute Gasteiger partial charge is 0.436 e. The maximum absolute atomic E-state index is 6.05. The van der Waals surface area contributed by atoms with Crippen LogP contribution in [-0.2, 0) is 0 Å². The van der Waals surface area contributed by atoms with Crippen LogP contribution in [0.4, 0.5) is 17.1 Å². The van der Waals surface area contributed by atoms with Gasteiger partial charge in [-0.15, -0.1) is 0 Å². The normalized spacial score (nSPS) is 11.3. The minimum Gasteiger partial charge on any atom is -0.436 e. The molecule has 0 radical (unpaired) electrons. The van der Waals surface area contributed by atoms with E-state index in [0.717, 1.165) is 78.0 Å². The highest BCUT2D eigenvalue weighted by molar-refractivity contribution is 5.85. The van der Waals surface area contributed by atoms with Crippen molar-refractivity contribution in [1.82, 2.24) is 15.0 Å². The first-order valence-electron chi connectivity index (χ1n) is 15.9. The van der Waals surface area contributed by atoms with Gasteiger partial charge in [-0.05, 0) is 84.9 Å². The Balaban J connectivity index is 1.09. The van der Waals surface area contributed by atoms with Gasteiger partial charge in [0, 0.05) is 44.5 Å². The van der Waals surface area contributed by atoms with Gasteiger partial charge < -0.3 is 9.32 Å². The molecule has 48 heavy (non-hydrogen) atoms. The summed E-state index contributed by atoms with van der Waals surface area (Å²) >= 11 is 0. The Labute approximate surface area is 277 Å². The zero-order valence-corrected chi connectivity index (χ0v) is 25.9. The van der Waals surface area contributed by atoms with Crippen LogP contribution < -0.4 is 4.90 Å². The first-order chi connectivity index (χ1) is 23.7. The zero-order chi connectivity index (χ0) is 31.9. The van der Waals surface area contributed by atoms with Gasteiger partial charge in [-0.1, -0.05) is 84.9 Å². The monoisotopic (exact) mass is 616 g/mol. The number of para-hydroxylation sites is 4. The van der Waals surface area contributed by atoms with Crippen LogP contribution in [0.3, 0.4) is 0 Å². The van der Waals surface area contributed by atoms with Gasteiger partial charge in [-0.25, -0.2) is 15.0 Å². The van der Waals surface area contributed by atoms with Crippen LogP contribution in [0.5, 0.6) is 0 Å². The quantitative estimate of drug-likeness (QED) is 0.186. The molecule has 0 aliphatic rings. The predicted molar refractivity (Wildman–Crippen MR) is 196 cm³/mol. The molecule has 0 saturated heterocycles. The van der Waals surface area contributed by atoms with Crippen LogP contribution in [0.1, 0.15) is 0 Å². The summed E-state index contributed by atoms with van der Waals surface area (Å²) in [6.45, 7) is 0. The van der Waals surface area contributed by atoms with Gasteiger partial charge in [0.25, 0.3) is 0 Å². The van der Waals surface area contributed by atoms with Crippen molar-refractivity contribution in [3.8, 4) is 34.0 Å². The summed E-state index contributed by atoms with van der Waals surface area (Å²) in [6.07, 6.45) is 0. The molecule has 5 nitrogen and oxygen atoms in total. The third kappa shape index (κ3) is 5.13. The van der Waals surface area contributed by atoms with Crippen molar-refractivity contribution in [1.29, 1.82) is 0 Å². The molecule has 0 bridgehead atoms. The minimum absolute atomic E-state index is 0.605. The van der Waals surface area contributed by atoms with Gasteiger partial charge in [-0.2, -0.15) is 0 Å². The molecule has 226 valence electrons. The predicted octanol–water partition coefficient (Wildman–Crippen LogP) is 11.4. The number of benzene rings is 6. The molecule has 6 aromatic carbocycles. The molecule has 0 spiro atoms. The Hall–Kier alpha value is -6.59. The topological polar surface area (TPSA) is 55.1 Å². The summed E-state index contributed by atoms with van der Waals surface area (Å²) in [7, 11) is 0. The van der Waals surface area contributed by atoms with E-state index in [2.05, 4.69) is 126 Å². The molecule has 5 heteroatoms. The Morgan fingerprint density at radius 3 is 1.29 bits per heavy atom. The molecule has 9 aromatic rings. The summed E-state index contributed by atoms with van der Waals surface area (Å²) in [4.78, 5) is 16.8. The van der Waals surface area contributed by atoms with Crippen LogP contribution in [0.25, 0.3) is 66.9 Å². The van der Waals surface area contributed by atoms with Gasteiger partial charge >= 0.3 is 0 Å². The lowest BCUT2D eigenvalue weighted by molar-refractivity contribution is 0.620. The van der Waals surface area contributed by atoms with Crippen molar-refractivity contribution < 1.29 is 4.42 Å². The molecule has 9 rings (SSSR count). The molecule has 3 aromatic heterocycles. The van der Waals surface area contributed by atoms with Gasteiger partial charge in [0.05, 0.1) is 22.4 Å². The molecule has 3 heterocycles. The number of rotatable bonds is 6. The molecule has 0 amide bonds. The van der Waals surface area contributed by atoms with Crippen LogP contribution in [0.2, 0.25) is 0 Å². The maximum atomic E-state index is 6.05. The summed E-state index contributed by atoms with van der Waals surface area (Å²) in [5, 5.41) is 2.26. The van der Waals surface area contributed by atoms with E-state index >= 15 is 0 Å². The summed E-state index contributed by atoms with van der Waals surface area (Å²) in [5.41, 5.74) is 11.6. The van der Waals surface area contributed by atoms with Crippen LogP contribution in [0.15, 0.2) is 174 Å². The number of pyridine rings is 2. The van der Waals surface area contributed by atoms with Crippen LogP contribution in [0, 0.1) is 0 Å². The van der Waals surface area contributed by atoms with E-state index in [9.17, 15) is 0 Å². The van der Waals surface area contributed by atoms with Crippen molar-refractivity contribution in [3.05, 3.63) is 170 Å². The number of aromatic nitrogens is 3. The fraction of sp³-hybridized carbons (Fsp3) is 0. The highest BCUT2D eigenvalue weighted by atomic mass is 16.3. The first kappa shape index (κ1) is 27.7. The third-order valence-electron chi connectivity index (χ3n) is 8.71.